The number of nitrogens with zero attached hydrogens (tertiary/aromatic N) is 3. The lowest BCUT2D eigenvalue weighted by atomic mass is 9.96. The molecule has 1 aliphatic heterocycles. The second-order valence-electron chi connectivity index (χ2n) is 7.28. The number of unbranched alkanes of at least 4 members (excludes halogenated alkanes) is 1. The van der Waals surface area contributed by atoms with Crippen molar-refractivity contribution in [3.8, 4) is 11.8 Å². The molecule has 0 aliphatic carbocycles. The summed E-state index contributed by atoms with van der Waals surface area (Å²) in [4.78, 5) is 17.0. The van der Waals surface area contributed by atoms with Gasteiger partial charge in [-0.15, -0.1) is 0 Å². The molecule has 26 heavy (non-hydrogen) atoms. The standard InChI is InChI=1S/C21H31N3O2/c1-4-5-12-23(3)16-19-10-13-24(14-11-19)21(25)17(2)26-20-8-6-18(15-22)7-9-20/h6-9,17,19H,4-5,10-14,16H2,1-3H3. The zero-order chi connectivity index (χ0) is 18.9. The zero-order valence-corrected chi connectivity index (χ0v) is 16.3. The summed E-state index contributed by atoms with van der Waals surface area (Å²) < 4.78 is 5.76. The molecule has 1 heterocycles. The first-order chi connectivity index (χ1) is 12.5. The van der Waals surface area contributed by atoms with Gasteiger partial charge in [0.05, 0.1) is 11.6 Å². The molecule has 5 nitrogen and oxygen atoms in total. The van der Waals surface area contributed by atoms with Crippen LogP contribution < -0.4 is 4.74 Å². The van der Waals surface area contributed by atoms with Crippen molar-refractivity contribution < 1.29 is 9.53 Å². The van der Waals surface area contributed by atoms with Gasteiger partial charge in [-0.2, -0.15) is 5.26 Å². The minimum absolute atomic E-state index is 0.0483. The predicted octanol–water partition coefficient (Wildman–Crippen LogP) is 3.30. The van der Waals surface area contributed by atoms with E-state index < -0.39 is 6.10 Å². The molecule has 1 aromatic rings. The minimum atomic E-state index is -0.508. The Balaban J connectivity index is 1.77. The summed E-state index contributed by atoms with van der Waals surface area (Å²) >= 11 is 0. The molecular weight excluding hydrogens is 326 g/mol. The Morgan fingerprint density at radius 2 is 2.00 bits per heavy atom. The molecule has 1 saturated heterocycles. The van der Waals surface area contributed by atoms with E-state index in [1.807, 2.05) is 4.90 Å². The number of likely N-dealkylation sites (tertiary alicyclic amines) is 1. The van der Waals surface area contributed by atoms with Crippen molar-refractivity contribution in [2.24, 2.45) is 5.92 Å². The van der Waals surface area contributed by atoms with Crippen molar-refractivity contribution in [3.63, 3.8) is 0 Å². The molecule has 0 spiro atoms. The molecule has 0 saturated carbocycles. The van der Waals surface area contributed by atoms with E-state index in [2.05, 4.69) is 24.9 Å². The molecule has 1 aromatic carbocycles. The first-order valence-corrected chi connectivity index (χ1v) is 9.67. The summed E-state index contributed by atoms with van der Waals surface area (Å²) in [6.45, 7) is 7.92. The monoisotopic (exact) mass is 357 g/mol. The van der Waals surface area contributed by atoms with Crippen LogP contribution in [0.25, 0.3) is 0 Å². The van der Waals surface area contributed by atoms with Crippen molar-refractivity contribution in [3.05, 3.63) is 29.8 Å². The Kier molecular flexibility index (Phi) is 7.93. The van der Waals surface area contributed by atoms with E-state index in [1.54, 1.807) is 31.2 Å². The summed E-state index contributed by atoms with van der Waals surface area (Å²) in [6, 6.07) is 8.95. The molecule has 1 atom stereocenters. The summed E-state index contributed by atoms with van der Waals surface area (Å²) in [7, 11) is 2.20. The van der Waals surface area contributed by atoms with Gasteiger partial charge in [-0.05, 0) is 70.0 Å². The van der Waals surface area contributed by atoms with Crippen molar-refractivity contribution in [1.29, 1.82) is 5.26 Å². The number of hydrogen-bond donors (Lipinski definition) is 0. The third kappa shape index (κ3) is 6.03. The Hall–Kier alpha value is -2.06. The number of amides is 1. The van der Waals surface area contributed by atoms with Gasteiger partial charge in [0.25, 0.3) is 5.91 Å². The lowest BCUT2D eigenvalue weighted by Gasteiger charge is -2.35. The smallest absolute Gasteiger partial charge is 0.263 e. The topological polar surface area (TPSA) is 56.6 Å². The Bertz CT molecular complexity index is 601. The zero-order valence-electron chi connectivity index (χ0n) is 16.3. The van der Waals surface area contributed by atoms with E-state index in [-0.39, 0.29) is 5.91 Å². The molecule has 142 valence electrons. The van der Waals surface area contributed by atoms with Gasteiger partial charge in [0.1, 0.15) is 5.75 Å². The molecule has 0 aromatic heterocycles. The van der Waals surface area contributed by atoms with Crippen molar-refractivity contribution >= 4 is 5.91 Å². The van der Waals surface area contributed by atoms with Crippen LogP contribution in [0.2, 0.25) is 0 Å². The molecule has 0 bridgehead atoms. The van der Waals surface area contributed by atoms with E-state index in [0.29, 0.717) is 17.2 Å². The molecule has 0 radical (unpaired) electrons. The summed E-state index contributed by atoms with van der Waals surface area (Å²) in [5, 5.41) is 8.83. The number of nitriles is 1. The maximum atomic E-state index is 12.6. The van der Waals surface area contributed by atoms with Gasteiger partial charge in [-0.25, -0.2) is 0 Å². The second-order valence-corrected chi connectivity index (χ2v) is 7.28. The third-order valence-corrected chi connectivity index (χ3v) is 5.03. The molecule has 0 N–H and O–H groups in total. The lowest BCUT2D eigenvalue weighted by molar-refractivity contribution is -0.139. The molecule has 5 heteroatoms. The number of hydrogen-bond acceptors (Lipinski definition) is 4. The number of rotatable bonds is 8. The number of ether oxygens (including phenoxy) is 1. The summed E-state index contributed by atoms with van der Waals surface area (Å²) in [5.74, 6) is 1.35. The normalized spacial score (nSPS) is 16.3. The molecule has 1 fully saturated rings. The van der Waals surface area contributed by atoms with Crippen LogP contribution in [0.4, 0.5) is 0 Å². The number of carbonyl (C=O) groups is 1. The maximum Gasteiger partial charge on any atom is 0.263 e. The molecule has 1 amide bonds. The van der Waals surface area contributed by atoms with Crippen molar-refractivity contribution in [1.82, 2.24) is 9.80 Å². The quantitative estimate of drug-likeness (QED) is 0.716. The largest absolute Gasteiger partial charge is 0.481 e. The predicted molar refractivity (Wildman–Crippen MR) is 103 cm³/mol. The van der Waals surface area contributed by atoms with Crippen LogP contribution in [0.5, 0.6) is 5.75 Å². The fraction of sp³-hybridized carbons (Fsp3) is 0.619. The van der Waals surface area contributed by atoms with Crippen LogP contribution in [0, 0.1) is 17.2 Å². The van der Waals surface area contributed by atoms with Gasteiger partial charge in [-0.3, -0.25) is 4.79 Å². The highest BCUT2D eigenvalue weighted by atomic mass is 16.5. The number of carbonyl (C=O) groups excluding carboxylic acids is 1. The van der Waals surface area contributed by atoms with Crippen LogP contribution >= 0.6 is 0 Å². The molecule has 2 rings (SSSR count). The second kappa shape index (κ2) is 10.2. The molecular formula is C21H31N3O2. The van der Waals surface area contributed by atoms with Gasteiger partial charge >= 0.3 is 0 Å². The van der Waals surface area contributed by atoms with E-state index in [4.69, 9.17) is 10.00 Å². The SMILES string of the molecule is CCCCN(C)CC1CCN(C(=O)C(C)Oc2ccc(C#N)cc2)CC1. The Labute approximate surface area is 157 Å². The average Bonchev–Trinajstić information content (AvgIpc) is 2.67. The van der Waals surface area contributed by atoms with E-state index in [0.717, 1.165) is 39.0 Å². The highest BCUT2D eigenvalue weighted by molar-refractivity contribution is 5.81. The van der Waals surface area contributed by atoms with Crippen molar-refractivity contribution in [2.75, 3.05) is 33.2 Å². The summed E-state index contributed by atoms with van der Waals surface area (Å²) in [6.07, 6.45) is 4.09. The van der Waals surface area contributed by atoms with E-state index in [1.165, 1.54) is 12.8 Å². The Morgan fingerprint density at radius 1 is 1.35 bits per heavy atom. The molecule has 1 aliphatic rings. The first-order valence-electron chi connectivity index (χ1n) is 9.67. The minimum Gasteiger partial charge on any atom is -0.481 e. The van der Waals surface area contributed by atoms with Gasteiger partial charge in [0, 0.05) is 19.6 Å². The lowest BCUT2D eigenvalue weighted by Crippen LogP contribution is -2.46. The van der Waals surface area contributed by atoms with Crippen LogP contribution in [0.1, 0.15) is 45.1 Å². The van der Waals surface area contributed by atoms with E-state index in [9.17, 15) is 4.79 Å². The average molecular weight is 357 g/mol. The van der Waals surface area contributed by atoms with Crippen LogP contribution in [0.15, 0.2) is 24.3 Å². The van der Waals surface area contributed by atoms with Crippen molar-refractivity contribution in [2.45, 2.75) is 45.6 Å². The fourth-order valence-corrected chi connectivity index (χ4v) is 3.42. The third-order valence-electron chi connectivity index (χ3n) is 5.03. The van der Waals surface area contributed by atoms with Gasteiger partial charge in [0.15, 0.2) is 6.10 Å². The first kappa shape index (κ1) is 20.3. The van der Waals surface area contributed by atoms with Crippen LogP contribution in [-0.2, 0) is 4.79 Å². The van der Waals surface area contributed by atoms with Crippen LogP contribution in [-0.4, -0.2) is 55.0 Å². The Morgan fingerprint density at radius 3 is 2.58 bits per heavy atom. The molecule has 1 unspecified atom stereocenters. The maximum absolute atomic E-state index is 12.6. The fourth-order valence-electron chi connectivity index (χ4n) is 3.42. The van der Waals surface area contributed by atoms with Gasteiger partial charge in [-0.1, -0.05) is 13.3 Å². The van der Waals surface area contributed by atoms with E-state index >= 15 is 0 Å². The van der Waals surface area contributed by atoms with Gasteiger partial charge in [0.2, 0.25) is 0 Å². The highest BCUT2D eigenvalue weighted by Crippen LogP contribution is 2.20. The number of piperidine rings is 1. The van der Waals surface area contributed by atoms with Gasteiger partial charge < -0.3 is 14.5 Å². The van der Waals surface area contributed by atoms with Crippen LogP contribution in [0.3, 0.4) is 0 Å². The highest BCUT2D eigenvalue weighted by Gasteiger charge is 2.27. The summed E-state index contributed by atoms with van der Waals surface area (Å²) in [5.41, 5.74) is 0.585. The number of benzene rings is 1.